The third-order valence-corrected chi connectivity index (χ3v) is 2.96. The summed E-state index contributed by atoms with van der Waals surface area (Å²) in [5, 5.41) is 9.69. The predicted molar refractivity (Wildman–Crippen MR) is 61.5 cm³/mol. The molecule has 0 spiro atoms. The van der Waals surface area contributed by atoms with E-state index in [0.717, 1.165) is 26.1 Å². The Hall–Kier alpha value is -0.860. The van der Waals surface area contributed by atoms with Crippen LogP contribution in [0.3, 0.4) is 0 Å². The van der Waals surface area contributed by atoms with E-state index < -0.39 is 0 Å². The standard InChI is InChI=1S/C13H19NO/c1-11-7-13(15)10-14(8-11)9-12-5-3-2-4-6-12/h2-6,11,13,15H,7-10H2,1H3/t11?,13-/m0/s1. The molecule has 1 aliphatic heterocycles. The molecule has 0 amide bonds. The van der Waals surface area contributed by atoms with Crippen molar-refractivity contribution >= 4 is 0 Å². The Kier molecular flexibility index (Phi) is 3.39. The van der Waals surface area contributed by atoms with Gasteiger partial charge in [0.25, 0.3) is 0 Å². The maximum absolute atomic E-state index is 9.69. The monoisotopic (exact) mass is 205 g/mol. The summed E-state index contributed by atoms with van der Waals surface area (Å²) in [6.07, 6.45) is 0.808. The number of hydrogen-bond acceptors (Lipinski definition) is 2. The zero-order chi connectivity index (χ0) is 10.7. The first-order valence-electron chi connectivity index (χ1n) is 5.68. The van der Waals surface area contributed by atoms with Crippen molar-refractivity contribution in [3.63, 3.8) is 0 Å². The molecule has 0 saturated carbocycles. The lowest BCUT2D eigenvalue weighted by atomic mass is 9.97. The van der Waals surface area contributed by atoms with Crippen LogP contribution in [0.4, 0.5) is 0 Å². The molecule has 2 atom stereocenters. The molecule has 2 heteroatoms. The van der Waals surface area contributed by atoms with E-state index in [0.29, 0.717) is 5.92 Å². The molecule has 15 heavy (non-hydrogen) atoms. The van der Waals surface area contributed by atoms with Crippen molar-refractivity contribution in [2.45, 2.75) is 26.0 Å². The molecular weight excluding hydrogens is 186 g/mol. The van der Waals surface area contributed by atoms with Crippen LogP contribution in [0.1, 0.15) is 18.9 Å². The van der Waals surface area contributed by atoms with Crippen LogP contribution >= 0.6 is 0 Å². The second kappa shape index (κ2) is 4.77. The van der Waals surface area contributed by atoms with Gasteiger partial charge in [-0.2, -0.15) is 0 Å². The summed E-state index contributed by atoms with van der Waals surface area (Å²) in [6, 6.07) is 10.5. The number of likely N-dealkylation sites (tertiary alicyclic amines) is 1. The lowest BCUT2D eigenvalue weighted by Gasteiger charge is -2.34. The molecular formula is C13H19NO. The molecule has 1 saturated heterocycles. The topological polar surface area (TPSA) is 23.5 Å². The summed E-state index contributed by atoms with van der Waals surface area (Å²) >= 11 is 0. The van der Waals surface area contributed by atoms with Gasteiger partial charge >= 0.3 is 0 Å². The molecule has 1 unspecified atom stereocenters. The van der Waals surface area contributed by atoms with Crippen molar-refractivity contribution in [3.8, 4) is 0 Å². The number of benzene rings is 1. The third kappa shape index (κ3) is 3.05. The highest BCUT2D eigenvalue weighted by Crippen LogP contribution is 2.18. The number of hydrogen-bond donors (Lipinski definition) is 1. The van der Waals surface area contributed by atoms with Crippen LogP contribution in [0.2, 0.25) is 0 Å². The molecule has 1 N–H and O–H groups in total. The summed E-state index contributed by atoms with van der Waals surface area (Å²) < 4.78 is 0. The van der Waals surface area contributed by atoms with E-state index in [4.69, 9.17) is 0 Å². The van der Waals surface area contributed by atoms with E-state index in [1.54, 1.807) is 0 Å². The highest BCUT2D eigenvalue weighted by Gasteiger charge is 2.22. The van der Waals surface area contributed by atoms with Gasteiger partial charge in [0.15, 0.2) is 0 Å². The molecule has 1 aliphatic rings. The third-order valence-electron chi connectivity index (χ3n) is 2.96. The zero-order valence-corrected chi connectivity index (χ0v) is 9.26. The fraction of sp³-hybridized carbons (Fsp3) is 0.538. The van der Waals surface area contributed by atoms with Gasteiger partial charge in [0.1, 0.15) is 0 Å². The largest absolute Gasteiger partial charge is 0.392 e. The van der Waals surface area contributed by atoms with Gasteiger partial charge in [0, 0.05) is 19.6 Å². The minimum Gasteiger partial charge on any atom is -0.392 e. The fourth-order valence-corrected chi connectivity index (χ4v) is 2.40. The SMILES string of the molecule is CC1C[C@H](O)CN(Cc2ccccc2)C1. The van der Waals surface area contributed by atoms with Crippen molar-refractivity contribution in [1.82, 2.24) is 4.90 Å². The van der Waals surface area contributed by atoms with E-state index in [1.807, 2.05) is 6.07 Å². The highest BCUT2D eigenvalue weighted by atomic mass is 16.3. The quantitative estimate of drug-likeness (QED) is 0.797. The number of nitrogens with zero attached hydrogens (tertiary/aromatic N) is 1. The van der Waals surface area contributed by atoms with E-state index in [-0.39, 0.29) is 6.10 Å². The Bertz CT molecular complexity index is 289. The normalized spacial score (nSPS) is 27.9. The van der Waals surface area contributed by atoms with Crippen molar-refractivity contribution in [1.29, 1.82) is 0 Å². The predicted octanol–water partition coefficient (Wildman–Crippen LogP) is 1.89. The van der Waals surface area contributed by atoms with Gasteiger partial charge in [0.2, 0.25) is 0 Å². The van der Waals surface area contributed by atoms with Crippen LogP contribution in [0, 0.1) is 5.92 Å². The molecule has 0 aromatic heterocycles. The van der Waals surface area contributed by atoms with E-state index in [1.165, 1.54) is 5.56 Å². The smallest absolute Gasteiger partial charge is 0.0670 e. The first-order valence-corrected chi connectivity index (χ1v) is 5.68. The average molecular weight is 205 g/mol. The van der Waals surface area contributed by atoms with E-state index in [2.05, 4.69) is 36.1 Å². The summed E-state index contributed by atoms with van der Waals surface area (Å²) in [7, 11) is 0. The van der Waals surface area contributed by atoms with Crippen molar-refractivity contribution < 1.29 is 5.11 Å². The van der Waals surface area contributed by atoms with Crippen LogP contribution in [-0.4, -0.2) is 29.2 Å². The molecule has 1 aromatic rings. The second-order valence-electron chi connectivity index (χ2n) is 4.67. The Morgan fingerprint density at radius 3 is 2.67 bits per heavy atom. The minimum absolute atomic E-state index is 0.141. The van der Waals surface area contributed by atoms with Gasteiger partial charge in [-0.15, -0.1) is 0 Å². The van der Waals surface area contributed by atoms with Gasteiger partial charge in [-0.1, -0.05) is 37.3 Å². The molecule has 82 valence electrons. The number of β-amino-alcohol motifs (C(OH)–C–C–N with tert-alkyl or cyclic N) is 1. The van der Waals surface area contributed by atoms with Crippen molar-refractivity contribution in [2.75, 3.05) is 13.1 Å². The van der Waals surface area contributed by atoms with E-state index >= 15 is 0 Å². The molecule has 0 radical (unpaired) electrons. The first kappa shape index (κ1) is 10.7. The Balaban J connectivity index is 1.94. The van der Waals surface area contributed by atoms with Crippen LogP contribution in [-0.2, 0) is 6.54 Å². The highest BCUT2D eigenvalue weighted by molar-refractivity contribution is 5.14. The number of rotatable bonds is 2. The molecule has 0 aliphatic carbocycles. The number of piperidine rings is 1. The van der Waals surface area contributed by atoms with Crippen molar-refractivity contribution in [2.24, 2.45) is 5.92 Å². The van der Waals surface area contributed by atoms with Gasteiger partial charge in [-0.05, 0) is 17.9 Å². The molecule has 2 nitrogen and oxygen atoms in total. The Morgan fingerprint density at radius 2 is 2.00 bits per heavy atom. The van der Waals surface area contributed by atoms with Crippen LogP contribution in [0.5, 0.6) is 0 Å². The van der Waals surface area contributed by atoms with Gasteiger partial charge in [-0.25, -0.2) is 0 Å². The number of aliphatic hydroxyl groups is 1. The van der Waals surface area contributed by atoms with Gasteiger partial charge in [0.05, 0.1) is 6.10 Å². The Morgan fingerprint density at radius 1 is 1.27 bits per heavy atom. The lowest BCUT2D eigenvalue weighted by Crippen LogP contribution is -2.41. The van der Waals surface area contributed by atoms with Gasteiger partial charge < -0.3 is 5.11 Å². The summed E-state index contributed by atoms with van der Waals surface area (Å²) in [5.74, 6) is 0.609. The molecule has 1 aromatic carbocycles. The summed E-state index contributed by atoms with van der Waals surface area (Å²) in [6.45, 7) is 5.09. The van der Waals surface area contributed by atoms with Gasteiger partial charge in [-0.3, -0.25) is 4.90 Å². The second-order valence-corrected chi connectivity index (χ2v) is 4.67. The lowest BCUT2D eigenvalue weighted by molar-refractivity contribution is 0.0409. The fourth-order valence-electron chi connectivity index (χ4n) is 2.40. The molecule has 0 bridgehead atoms. The Labute approximate surface area is 91.5 Å². The maximum Gasteiger partial charge on any atom is 0.0670 e. The zero-order valence-electron chi connectivity index (χ0n) is 9.26. The van der Waals surface area contributed by atoms with Crippen LogP contribution in [0.15, 0.2) is 30.3 Å². The van der Waals surface area contributed by atoms with Crippen LogP contribution < -0.4 is 0 Å². The average Bonchev–Trinajstić information content (AvgIpc) is 2.17. The first-order chi connectivity index (χ1) is 7.24. The minimum atomic E-state index is -0.141. The van der Waals surface area contributed by atoms with Crippen molar-refractivity contribution in [3.05, 3.63) is 35.9 Å². The summed E-state index contributed by atoms with van der Waals surface area (Å²) in [4.78, 5) is 2.34. The molecule has 2 rings (SSSR count). The maximum atomic E-state index is 9.69. The number of aliphatic hydroxyl groups excluding tert-OH is 1. The van der Waals surface area contributed by atoms with E-state index in [9.17, 15) is 5.11 Å². The molecule has 1 heterocycles. The molecule has 1 fully saturated rings. The summed E-state index contributed by atoms with van der Waals surface area (Å²) in [5.41, 5.74) is 1.33. The van der Waals surface area contributed by atoms with Crippen LogP contribution in [0.25, 0.3) is 0 Å².